The maximum Gasteiger partial charge on any atom is 0.268 e. The second-order valence-corrected chi connectivity index (χ2v) is 10.3. The third-order valence-electron chi connectivity index (χ3n) is 6.35. The number of fused-ring (bicyclic) bond motifs is 3. The van der Waals surface area contributed by atoms with Gasteiger partial charge in [-0.3, -0.25) is 0 Å². The lowest BCUT2D eigenvalue weighted by Gasteiger charge is -2.14. The summed E-state index contributed by atoms with van der Waals surface area (Å²) in [5.74, 6) is 0. The van der Waals surface area contributed by atoms with E-state index in [4.69, 9.17) is 5.73 Å². The Balaban J connectivity index is 1.86. The van der Waals surface area contributed by atoms with Gasteiger partial charge in [0.2, 0.25) is 0 Å². The Kier molecular flexibility index (Phi) is 5.09. The van der Waals surface area contributed by atoms with Crippen LogP contribution in [0.5, 0.6) is 0 Å². The lowest BCUT2D eigenvalue weighted by Crippen LogP contribution is -2.14. The van der Waals surface area contributed by atoms with Crippen LogP contribution in [0.3, 0.4) is 0 Å². The Morgan fingerprint density at radius 1 is 1.12 bits per heavy atom. The van der Waals surface area contributed by atoms with Crippen molar-refractivity contribution in [3.8, 4) is 17.3 Å². The molecule has 0 saturated heterocycles. The Bertz CT molecular complexity index is 1540. The van der Waals surface area contributed by atoms with E-state index in [2.05, 4.69) is 6.07 Å². The van der Waals surface area contributed by atoms with E-state index in [0.717, 1.165) is 34.9 Å². The fraction of sp³-hybridized carbons (Fsp3) is 0.192. The van der Waals surface area contributed by atoms with Crippen LogP contribution in [0.2, 0.25) is 0 Å². The summed E-state index contributed by atoms with van der Waals surface area (Å²) in [5, 5.41) is 20.0. The predicted octanol–water partition coefficient (Wildman–Crippen LogP) is 4.16. The van der Waals surface area contributed by atoms with Crippen LogP contribution < -0.4 is 5.73 Å². The minimum absolute atomic E-state index is 0.0622. The molecule has 5 rings (SSSR count). The van der Waals surface area contributed by atoms with Gasteiger partial charge in [0.15, 0.2) is 0 Å². The van der Waals surface area contributed by atoms with E-state index in [9.17, 15) is 18.8 Å². The Labute approximate surface area is 192 Å². The lowest BCUT2D eigenvalue weighted by molar-refractivity contribution is 0.282. The number of benzene rings is 3. The third kappa shape index (κ3) is 3.44. The second kappa shape index (κ2) is 7.85. The molecule has 1 atom stereocenters. The summed E-state index contributed by atoms with van der Waals surface area (Å²) in [6.07, 6.45) is 1.60. The average molecular weight is 458 g/mol. The summed E-state index contributed by atoms with van der Waals surface area (Å²) in [5.41, 5.74) is 11.8. The maximum absolute atomic E-state index is 13.9. The molecule has 6 nitrogen and oxygen atoms in total. The topological polar surface area (TPSA) is 109 Å². The number of aliphatic hydroxyl groups excluding tert-OH is 1. The molecule has 7 heteroatoms. The van der Waals surface area contributed by atoms with Gasteiger partial charge in [0.05, 0.1) is 34.3 Å². The zero-order valence-electron chi connectivity index (χ0n) is 18.1. The van der Waals surface area contributed by atoms with Crippen molar-refractivity contribution in [2.45, 2.75) is 37.3 Å². The second-order valence-electron chi connectivity index (χ2n) is 8.51. The van der Waals surface area contributed by atoms with E-state index in [1.54, 1.807) is 42.5 Å². The minimum atomic E-state index is -3.95. The van der Waals surface area contributed by atoms with Crippen LogP contribution >= 0.6 is 0 Å². The van der Waals surface area contributed by atoms with E-state index >= 15 is 0 Å². The smallest absolute Gasteiger partial charge is 0.268 e. The monoisotopic (exact) mass is 457 g/mol. The van der Waals surface area contributed by atoms with Crippen molar-refractivity contribution in [2.75, 3.05) is 0 Å². The first-order valence-electron chi connectivity index (χ1n) is 10.7. The van der Waals surface area contributed by atoms with E-state index in [0.29, 0.717) is 27.9 Å². The number of hydrogen-bond acceptors (Lipinski definition) is 5. The van der Waals surface area contributed by atoms with Crippen LogP contribution in [0, 0.1) is 18.3 Å². The number of rotatable bonds is 4. The van der Waals surface area contributed by atoms with Gasteiger partial charge in [-0.2, -0.15) is 5.26 Å². The van der Waals surface area contributed by atoms with E-state index in [1.807, 2.05) is 25.1 Å². The molecular weight excluding hydrogens is 434 g/mol. The molecule has 0 fully saturated rings. The van der Waals surface area contributed by atoms with Crippen molar-refractivity contribution in [1.82, 2.24) is 3.97 Å². The average Bonchev–Trinajstić information content (AvgIpc) is 3.40. The van der Waals surface area contributed by atoms with Gasteiger partial charge in [-0.25, -0.2) is 12.4 Å². The van der Waals surface area contributed by atoms with E-state index in [-0.39, 0.29) is 17.5 Å². The summed E-state index contributed by atoms with van der Waals surface area (Å²) < 4.78 is 29.2. The maximum atomic E-state index is 13.9. The molecule has 1 aliphatic carbocycles. The van der Waals surface area contributed by atoms with Crippen molar-refractivity contribution < 1.29 is 13.5 Å². The molecule has 0 bridgehead atoms. The zero-order chi connectivity index (χ0) is 23.3. The molecule has 4 aromatic rings. The molecule has 0 saturated carbocycles. The summed E-state index contributed by atoms with van der Waals surface area (Å²) in [6.45, 7) is 1.65. The molecule has 33 heavy (non-hydrogen) atoms. The first kappa shape index (κ1) is 21.4. The van der Waals surface area contributed by atoms with Crippen LogP contribution in [0.1, 0.15) is 40.3 Å². The molecule has 1 aliphatic rings. The first-order chi connectivity index (χ1) is 15.8. The third-order valence-corrected chi connectivity index (χ3v) is 8.10. The highest BCUT2D eigenvalue weighted by molar-refractivity contribution is 7.90. The molecule has 0 spiro atoms. The van der Waals surface area contributed by atoms with Gasteiger partial charge in [0.1, 0.15) is 0 Å². The van der Waals surface area contributed by atoms with Crippen LogP contribution in [-0.4, -0.2) is 17.5 Å². The SMILES string of the molecule is Cc1ccc(S(=O)(=O)n2c(-c3cc(C#N)cc(CO)c3)cc3c4c(ccc32)[C@H](N)CC4)cc1. The highest BCUT2D eigenvalue weighted by Crippen LogP contribution is 2.40. The van der Waals surface area contributed by atoms with Crippen LogP contribution in [0.25, 0.3) is 22.2 Å². The molecule has 3 aromatic carbocycles. The van der Waals surface area contributed by atoms with Gasteiger partial charge in [-0.1, -0.05) is 23.8 Å². The molecule has 0 radical (unpaired) electrons. The number of nitrogens with two attached hydrogens (primary N) is 1. The zero-order valence-corrected chi connectivity index (χ0v) is 18.9. The summed E-state index contributed by atoms with van der Waals surface area (Å²) in [7, 11) is -3.95. The fourth-order valence-electron chi connectivity index (χ4n) is 4.69. The normalized spacial score (nSPS) is 15.5. The van der Waals surface area contributed by atoms with Crippen molar-refractivity contribution >= 4 is 20.9 Å². The number of aliphatic hydroxyl groups is 1. The molecule has 3 N–H and O–H groups in total. The molecule has 1 aromatic heterocycles. The number of nitrogens with zero attached hydrogens (tertiary/aromatic N) is 2. The highest BCUT2D eigenvalue weighted by atomic mass is 32.2. The Morgan fingerprint density at radius 2 is 1.88 bits per heavy atom. The molecule has 0 amide bonds. The van der Waals surface area contributed by atoms with Gasteiger partial charge in [-0.15, -0.1) is 0 Å². The number of aryl methyl sites for hydroxylation is 2. The standard InChI is InChI=1S/C26H23N3O3S/c1-16-2-4-20(5-3-16)33(31,32)29-25-9-7-22-21(6-8-24(22)28)23(25)13-26(29)19-11-17(14-27)10-18(12-19)15-30/h2-5,7,9-13,24,30H,6,8,15,28H2,1H3/t24-/m1/s1. The van der Waals surface area contributed by atoms with Crippen molar-refractivity contribution in [3.05, 3.63) is 88.5 Å². The lowest BCUT2D eigenvalue weighted by atomic mass is 10.0. The van der Waals surface area contributed by atoms with Crippen molar-refractivity contribution in [1.29, 1.82) is 5.26 Å². The molecular formula is C26H23N3O3S. The summed E-state index contributed by atoms with van der Waals surface area (Å²) in [6, 6.07) is 19.4. The minimum Gasteiger partial charge on any atom is -0.392 e. The van der Waals surface area contributed by atoms with Crippen molar-refractivity contribution in [3.63, 3.8) is 0 Å². The molecule has 166 valence electrons. The quantitative estimate of drug-likeness (QED) is 0.478. The Morgan fingerprint density at radius 3 is 2.58 bits per heavy atom. The summed E-state index contributed by atoms with van der Waals surface area (Å²) >= 11 is 0. The predicted molar refractivity (Wildman–Crippen MR) is 127 cm³/mol. The first-order valence-corrected chi connectivity index (χ1v) is 12.2. The van der Waals surface area contributed by atoms with Crippen molar-refractivity contribution in [2.24, 2.45) is 5.73 Å². The number of nitriles is 1. The largest absolute Gasteiger partial charge is 0.392 e. The number of hydrogen-bond donors (Lipinski definition) is 2. The van der Waals surface area contributed by atoms with Crippen LogP contribution in [0.4, 0.5) is 0 Å². The number of aromatic nitrogens is 1. The van der Waals surface area contributed by atoms with Crippen LogP contribution in [-0.2, 0) is 23.1 Å². The van der Waals surface area contributed by atoms with Gasteiger partial charge >= 0.3 is 0 Å². The Hall–Kier alpha value is -3.44. The van der Waals surface area contributed by atoms with Gasteiger partial charge in [-0.05, 0) is 78.9 Å². The van der Waals surface area contributed by atoms with E-state index < -0.39 is 10.0 Å². The summed E-state index contributed by atoms with van der Waals surface area (Å²) in [4.78, 5) is 0.183. The fourth-order valence-corrected chi connectivity index (χ4v) is 6.21. The molecule has 0 aliphatic heterocycles. The molecule has 0 unspecified atom stereocenters. The molecule has 1 heterocycles. The van der Waals surface area contributed by atoms with Crippen LogP contribution in [0.15, 0.2) is 65.6 Å². The van der Waals surface area contributed by atoms with Gasteiger partial charge in [0, 0.05) is 17.0 Å². The van der Waals surface area contributed by atoms with Gasteiger partial charge < -0.3 is 10.8 Å². The highest BCUT2D eigenvalue weighted by Gasteiger charge is 2.28. The van der Waals surface area contributed by atoms with E-state index in [1.165, 1.54) is 3.97 Å². The van der Waals surface area contributed by atoms with Gasteiger partial charge in [0.25, 0.3) is 10.0 Å².